The third-order valence-corrected chi connectivity index (χ3v) is 3.94. The van der Waals surface area contributed by atoms with Crippen molar-refractivity contribution in [2.75, 3.05) is 11.1 Å². The lowest BCUT2D eigenvalue weighted by atomic mass is 10.0. The van der Waals surface area contributed by atoms with E-state index in [1.165, 1.54) is 0 Å². The number of para-hydroxylation sites is 1. The zero-order valence-corrected chi connectivity index (χ0v) is 14.7. The minimum Gasteiger partial charge on any atom is -0.457 e. The number of nitrogens with two attached hydrogens (primary N) is 1. The highest BCUT2D eigenvalue weighted by Crippen LogP contribution is 2.28. The Kier molecular flexibility index (Phi) is 5.36. The van der Waals surface area contributed by atoms with Gasteiger partial charge in [-0.2, -0.15) is 15.8 Å². The van der Waals surface area contributed by atoms with Crippen molar-refractivity contribution in [3.8, 4) is 29.7 Å². The van der Waals surface area contributed by atoms with Crippen LogP contribution in [0.2, 0.25) is 0 Å². The van der Waals surface area contributed by atoms with Crippen LogP contribution in [0.25, 0.3) is 0 Å². The highest BCUT2D eigenvalue weighted by Gasteiger charge is 2.22. The van der Waals surface area contributed by atoms with Crippen molar-refractivity contribution in [3.63, 3.8) is 0 Å². The van der Waals surface area contributed by atoms with E-state index in [9.17, 15) is 10.5 Å². The molecule has 7 heteroatoms. The van der Waals surface area contributed by atoms with Crippen molar-refractivity contribution in [1.82, 2.24) is 0 Å². The first-order valence-electron chi connectivity index (χ1n) is 8.31. The zero-order chi connectivity index (χ0) is 19.9. The van der Waals surface area contributed by atoms with Crippen molar-refractivity contribution in [3.05, 3.63) is 71.3 Å². The fourth-order valence-electron chi connectivity index (χ4n) is 2.71. The molecule has 2 aromatic carbocycles. The molecule has 134 valence electrons. The van der Waals surface area contributed by atoms with E-state index in [4.69, 9.17) is 15.7 Å². The number of anilines is 3. The number of hydrogen-bond acceptors (Lipinski definition) is 6. The molecule has 0 aliphatic rings. The SMILES string of the molecule is N#CCc1c(C#N)c(N)[nH+]c(Nc2cccc(Oc3ccccc3)c2)c1C#N. The number of nitriles is 3. The van der Waals surface area contributed by atoms with Crippen LogP contribution in [-0.4, -0.2) is 0 Å². The minimum absolute atomic E-state index is 0.0888. The quantitative estimate of drug-likeness (QED) is 0.710. The van der Waals surface area contributed by atoms with Crippen LogP contribution in [0, 0.1) is 34.0 Å². The van der Waals surface area contributed by atoms with E-state index in [1.807, 2.05) is 48.5 Å². The van der Waals surface area contributed by atoms with Crippen molar-refractivity contribution in [2.24, 2.45) is 0 Å². The average Bonchev–Trinajstić information content (AvgIpc) is 2.69. The van der Waals surface area contributed by atoms with Crippen LogP contribution in [0.3, 0.4) is 0 Å². The van der Waals surface area contributed by atoms with Crippen LogP contribution in [0.1, 0.15) is 16.7 Å². The Morgan fingerprint density at radius 2 is 1.64 bits per heavy atom. The Bertz CT molecular complexity index is 1140. The molecule has 0 saturated heterocycles. The molecule has 0 fully saturated rings. The van der Waals surface area contributed by atoms with Gasteiger partial charge in [-0.15, -0.1) is 0 Å². The van der Waals surface area contributed by atoms with E-state index >= 15 is 0 Å². The maximum atomic E-state index is 9.57. The predicted octanol–water partition coefficient (Wildman–Crippen LogP) is 3.43. The highest BCUT2D eigenvalue weighted by atomic mass is 16.5. The smallest absolute Gasteiger partial charge is 0.242 e. The Morgan fingerprint density at radius 3 is 2.32 bits per heavy atom. The first kappa shape index (κ1) is 18.3. The van der Waals surface area contributed by atoms with Crippen molar-refractivity contribution < 1.29 is 9.72 Å². The van der Waals surface area contributed by atoms with Gasteiger partial charge in [0.05, 0.1) is 18.2 Å². The normalized spacial score (nSPS) is 9.61. The average molecular weight is 367 g/mol. The van der Waals surface area contributed by atoms with Crippen LogP contribution in [-0.2, 0) is 6.42 Å². The van der Waals surface area contributed by atoms with Gasteiger partial charge in [0.15, 0.2) is 0 Å². The van der Waals surface area contributed by atoms with Crippen molar-refractivity contribution in [1.29, 1.82) is 15.8 Å². The van der Waals surface area contributed by atoms with Gasteiger partial charge in [0.25, 0.3) is 0 Å². The second kappa shape index (κ2) is 8.23. The van der Waals surface area contributed by atoms with Crippen LogP contribution < -0.4 is 20.8 Å². The molecule has 3 rings (SSSR count). The molecule has 0 amide bonds. The lowest BCUT2D eigenvalue weighted by Gasteiger charge is -2.10. The van der Waals surface area contributed by atoms with Gasteiger partial charge in [-0.3, -0.25) is 5.32 Å². The first-order chi connectivity index (χ1) is 13.7. The molecule has 28 heavy (non-hydrogen) atoms. The summed E-state index contributed by atoms with van der Waals surface area (Å²) in [6.45, 7) is 0. The number of hydrogen-bond donors (Lipinski definition) is 2. The van der Waals surface area contributed by atoms with Gasteiger partial charge in [-0.05, 0) is 24.3 Å². The molecule has 0 radical (unpaired) electrons. The summed E-state index contributed by atoms with van der Waals surface area (Å²) in [7, 11) is 0. The summed E-state index contributed by atoms with van der Waals surface area (Å²) in [6.07, 6.45) is -0.101. The molecule has 4 N–H and O–H groups in total. The van der Waals surface area contributed by atoms with Crippen molar-refractivity contribution >= 4 is 17.3 Å². The van der Waals surface area contributed by atoms with Crippen LogP contribution in [0.15, 0.2) is 54.6 Å². The summed E-state index contributed by atoms with van der Waals surface area (Å²) in [5.41, 5.74) is 7.12. The number of nitrogen functional groups attached to an aromatic ring is 1. The Balaban J connectivity index is 1.96. The van der Waals surface area contributed by atoms with E-state index in [2.05, 4.69) is 10.3 Å². The van der Waals surface area contributed by atoms with E-state index in [1.54, 1.807) is 24.3 Å². The third-order valence-electron chi connectivity index (χ3n) is 3.94. The number of ether oxygens (including phenoxy) is 1. The monoisotopic (exact) mass is 367 g/mol. The van der Waals surface area contributed by atoms with Gasteiger partial charge in [0.1, 0.15) is 34.8 Å². The summed E-state index contributed by atoms with van der Waals surface area (Å²) in [5, 5.41) is 31.0. The minimum atomic E-state index is -0.101. The Labute approximate surface area is 161 Å². The summed E-state index contributed by atoms with van der Waals surface area (Å²) >= 11 is 0. The van der Waals surface area contributed by atoms with Crippen molar-refractivity contribution in [2.45, 2.75) is 6.42 Å². The molecule has 1 aromatic heterocycles. The number of nitrogens with one attached hydrogen (secondary N) is 2. The van der Waals surface area contributed by atoms with Gasteiger partial charge in [-0.25, -0.2) is 4.98 Å². The Morgan fingerprint density at radius 1 is 0.929 bits per heavy atom. The fraction of sp³-hybridized carbons (Fsp3) is 0.0476. The molecule has 0 bridgehead atoms. The highest BCUT2D eigenvalue weighted by molar-refractivity contribution is 5.68. The number of aromatic nitrogens is 1. The number of H-pyrrole nitrogens is 1. The molecule has 0 spiro atoms. The lowest BCUT2D eigenvalue weighted by Crippen LogP contribution is -2.21. The zero-order valence-electron chi connectivity index (χ0n) is 14.7. The van der Waals surface area contributed by atoms with Gasteiger partial charge in [0, 0.05) is 11.6 Å². The van der Waals surface area contributed by atoms with Crippen LogP contribution in [0.4, 0.5) is 17.3 Å². The molecule has 7 nitrogen and oxygen atoms in total. The standard InChI is InChI=1S/C21H14N6O/c22-10-9-17-18(12-23)20(25)27-21(19(17)13-24)26-14-5-4-8-16(11-14)28-15-6-2-1-3-7-15/h1-8,11H,9H2,(H3,25,26,27)/p+1. The van der Waals surface area contributed by atoms with Gasteiger partial charge >= 0.3 is 0 Å². The molecular weight excluding hydrogens is 352 g/mol. The Hall–Kier alpha value is -4.54. The number of nitrogens with zero attached hydrogens (tertiary/aromatic N) is 3. The van der Waals surface area contributed by atoms with Gasteiger partial charge in [-0.1, -0.05) is 24.3 Å². The number of aromatic amines is 1. The molecule has 0 saturated carbocycles. The first-order valence-corrected chi connectivity index (χ1v) is 8.31. The third kappa shape index (κ3) is 3.83. The van der Waals surface area contributed by atoms with Crippen LogP contribution in [0.5, 0.6) is 11.5 Å². The van der Waals surface area contributed by atoms with Gasteiger partial charge < -0.3 is 10.5 Å². The maximum Gasteiger partial charge on any atom is 0.242 e. The van der Waals surface area contributed by atoms with Crippen LogP contribution >= 0.6 is 0 Å². The van der Waals surface area contributed by atoms with E-state index in [0.717, 1.165) is 0 Å². The van der Waals surface area contributed by atoms with E-state index in [-0.39, 0.29) is 23.4 Å². The van der Waals surface area contributed by atoms with E-state index in [0.29, 0.717) is 28.6 Å². The molecule has 0 unspecified atom stereocenters. The molecule has 3 aromatic rings. The van der Waals surface area contributed by atoms with Gasteiger partial charge in [0.2, 0.25) is 11.6 Å². The molecule has 0 atom stereocenters. The predicted molar refractivity (Wildman–Crippen MR) is 102 cm³/mol. The number of pyridine rings is 1. The molecule has 1 heterocycles. The topological polar surface area (TPSA) is 133 Å². The fourth-order valence-corrected chi connectivity index (χ4v) is 2.71. The summed E-state index contributed by atoms with van der Waals surface area (Å²) < 4.78 is 5.81. The maximum absolute atomic E-state index is 9.57. The largest absolute Gasteiger partial charge is 0.457 e. The molecule has 0 aliphatic heterocycles. The lowest BCUT2D eigenvalue weighted by molar-refractivity contribution is -0.343. The molecular formula is C21H15N6O+. The summed E-state index contributed by atoms with van der Waals surface area (Å²) in [5.74, 6) is 1.70. The number of benzene rings is 2. The second-order valence-corrected chi connectivity index (χ2v) is 5.77. The van der Waals surface area contributed by atoms with E-state index < -0.39 is 0 Å². The number of rotatable bonds is 5. The second-order valence-electron chi connectivity index (χ2n) is 5.77. The molecule has 0 aliphatic carbocycles. The summed E-state index contributed by atoms with van der Waals surface area (Å²) in [4.78, 5) is 2.83. The summed E-state index contributed by atoms with van der Waals surface area (Å²) in [6, 6.07) is 22.5.